The molecule has 0 atom stereocenters. The molecule has 1 N–H and O–H groups in total. The van der Waals surface area contributed by atoms with Gasteiger partial charge in [0.25, 0.3) is 11.8 Å². The average Bonchev–Trinajstić information content (AvgIpc) is 3.34. The Morgan fingerprint density at radius 2 is 1.63 bits per heavy atom. The zero-order chi connectivity index (χ0) is 29.9. The van der Waals surface area contributed by atoms with Crippen molar-refractivity contribution < 1.29 is 14.3 Å². The molecule has 6 nitrogen and oxygen atoms in total. The van der Waals surface area contributed by atoms with Crippen molar-refractivity contribution >= 4 is 29.1 Å². The number of carbonyl (C=O) groups is 2. The van der Waals surface area contributed by atoms with E-state index in [0.29, 0.717) is 48.1 Å². The molecule has 0 bridgehead atoms. The molecule has 43 heavy (non-hydrogen) atoms. The molecule has 0 radical (unpaired) electrons. The monoisotopic (exact) mass is 589 g/mol. The zero-order valence-corrected chi connectivity index (χ0v) is 24.9. The van der Waals surface area contributed by atoms with Crippen LogP contribution in [0.15, 0.2) is 103 Å². The highest BCUT2D eigenvalue weighted by atomic mass is 35.5. The van der Waals surface area contributed by atoms with E-state index < -0.39 is 0 Å². The van der Waals surface area contributed by atoms with E-state index in [9.17, 15) is 9.59 Å². The predicted molar refractivity (Wildman–Crippen MR) is 171 cm³/mol. The summed E-state index contributed by atoms with van der Waals surface area (Å²) in [6, 6.07) is 33.0. The van der Waals surface area contributed by atoms with Crippen LogP contribution >= 0.6 is 11.6 Å². The molecule has 0 saturated carbocycles. The lowest BCUT2D eigenvalue weighted by atomic mass is 9.98. The van der Waals surface area contributed by atoms with Crippen molar-refractivity contribution in [3.8, 4) is 16.9 Å². The Balaban J connectivity index is 1.27. The number of aromatic nitrogens is 1. The molecule has 0 saturated heterocycles. The van der Waals surface area contributed by atoms with Crippen LogP contribution in [0, 0.1) is 6.92 Å². The number of amides is 2. The number of halogens is 1. The lowest BCUT2D eigenvalue weighted by Crippen LogP contribution is -2.31. The normalized spacial score (nSPS) is 12.2. The van der Waals surface area contributed by atoms with Crippen LogP contribution in [0.4, 0.5) is 5.69 Å². The first-order chi connectivity index (χ1) is 20.9. The number of rotatable bonds is 7. The van der Waals surface area contributed by atoms with Gasteiger partial charge in [0, 0.05) is 34.1 Å². The van der Waals surface area contributed by atoms with Gasteiger partial charge in [0.2, 0.25) is 0 Å². The fourth-order valence-corrected chi connectivity index (χ4v) is 5.81. The van der Waals surface area contributed by atoms with Gasteiger partial charge in [-0.2, -0.15) is 0 Å². The van der Waals surface area contributed by atoms with E-state index in [1.807, 2.05) is 95.6 Å². The molecule has 216 valence electrons. The van der Waals surface area contributed by atoms with Crippen LogP contribution in [0.1, 0.15) is 43.2 Å². The lowest BCUT2D eigenvalue weighted by molar-refractivity contribution is 0.0944. The summed E-state index contributed by atoms with van der Waals surface area (Å²) in [5, 5.41) is 3.74. The van der Waals surface area contributed by atoms with Crippen molar-refractivity contribution in [2.75, 3.05) is 18.6 Å². The van der Waals surface area contributed by atoms with E-state index >= 15 is 0 Å². The number of methoxy groups -OCH3 is 1. The minimum atomic E-state index is -0.144. The predicted octanol–water partition coefficient (Wildman–Crippen LogP) is 7.31. The molecule has 2 heterocycles. The highest BCUT2D eigenvalue weighted by molar-refractivity contribution is 6.30. The van der Waals surface area contributed by atoms with Gasteiger partial charge in [-0.05, 0) is 84.1 Å². The number of hydrogen-bond donors (Lipinski definition) is 1. The summed E-state index contributed by atoms with van der Waals surface area (Å²) in [6.45, 7) is 3.38. The molecular formula is C36H32ClN3O3. The SMILES string of the molecule is COc1cc(C(=O)N2Cc3ccc(C(=O)NCCc4ccc(Cl)cc4)n3Cc3ccccc32)ccc1-c1ccccc1C. The van der Waals surface area contributed by atoms with E-state index in [1.54, 1.807) is 12.0 Å². The van der Waals surface area contributed by atoms with E-state index in [0.717, 1.165) is 39.2 Å². The highest BCUT2D eigenvalue weighted by Gasteiger charge is 2.28. The molecule has 7 heteroatoms. The van der Waals surface area contributed by atoms with Gasteiger partial charge >= 0.3 is 0 Å². The average molecular weight is 590 g/mol. The van der Waals surface area contributed by atoms with Crippen molar-refractivity contribution in [1.82, 2.24) is 9.88 Å². The maximum atomic E-state index is 14.1. The second kappa shape index (κ2) is 12.2. The van der Waals surface area contributed by atoms with Gasteiger partial charge in [-0.3, -0.25) is 9.59 Å². The van der Waals surface area contributed by atoms with Gasteiger partial charge in [-0.15, -0.1) is 0 Å². The Morgan fingerprint density at radius 1 is 0.860 bits per heavy atom. The summed E-state index contributed by atoms with van der Waals surface area (Å²) in [4.78, 5) is 29.2. The first-order valence-electron chi connectivity index (χ1n) is 14.3. The van der Waals surface area contributed by atoms with Crippen molar-refractivity contribution in [1.29, 1.82) is 0 Å². The van der Waals surface area contributed by atoms with E-state index in [2.05, 4.69) is 24.4 Å². The van der Waals surface area contributed by atoms with Crippen LogP contribution in [0.3, 0.4) is 0 Å². The summed E-state index contributed by atoms with van der Waals surface area (Å²) in [5.74, 6) is 0.365. The van der Waals surface area contributed by atoms with Crippen LogP contribution in [-0.2, 0) is 19.5 Å². The number of ether oxygens (including phenoxy) is 1. The van der Waals surface area contributed by atoms with Gasteiger partial charge in [-0.25, -0.2) is 0 Å². The molecule has 4 aromatic carbocycles. The van der Waals surface area contributed by atoms with Crippen molar-refractivity contribution in [2.45, 2.75) is 26.4 Å². The molecule has 1 aromatic heterocycles. The number of nitrogens with zero attached hydrogens (tertiary/aromatic N) is 2. The molecule has 5 aromatic rings. The first-order valence-corrected chi connectivity index (χ1v) is 14.7. The summed E-state index contributed by atoms with van der Waals surface area (Å²) < 4.78 is 7.76. The number of para-hydroxylation sites is 1. The lowest BCUT2D eigenvalue weighted by Gasteiger charge is -2.23. The van der Waals surface area contributed by atoms with Gasteiger partial charge in [0.05, 0.1) is 20.2 Å². The number of fused-ring (bicyclic) bond motifs is 2. The molecule has 0 aliphatic carbocycles. The minimum Gasteiger partial charge on any atom is -0.496 e. The maximum Gasteiger partial charge on any atom is 0.267 e. The number of aryl methyl sites for hydroxylation is 1. The Labute approximate surface area is 256 Å². The third kappa shape index (κ3) is 5.79. The summed E-state index contributed by atoms with van der Waals surface area (Å²) in [7, 11) is 1.63. The zero-order valence-electron chi connectivity index (χ0n) is 24.1. The summed E-state index contributed by atoms with van der Waals surface area (Å²) >= 11 is 5.99. The Hall–Kier alpha value is -4.81. The molecular weight excluding hydrogens is 558 g/mol. The van der Waals surface area contributed by atoms with Crippen LogP contribution in [0.5, 0.6) is 5.75 Å². The number of nitrogens with one attached hydrogen (secondary N) is 1. The largest absolute Gasteiger partial charge is 0.496 e. The van der Waals surface area contributed by atoms with Crippen molar-refractivity contribution in [3.63, 3.8) is 0 Å². The summed E-state index contributed by atoms with van der Waals surface area (Å²) in [6.07, 6.45) is 0.702. The van der Waals surface area contributed by atoms with Gasteiger partial charge in [-0.1, -0.05) is 66.2 Å². The highest BCUT2D eigenvalue weighted by Crippen LogP contribution is 2.35. The third-order valence-corrected chi connectivity index (χ3v) is 8.23. The first kappa shape index (κ1) is 28.3. The quantitative estimate of drug-likeness (QED) is 0.216. The number of hydrogen-bond acceptors (Lipinski definition) is 3. The van der Waals surface area contributed by atoms with Gasteiger partial charge in [0.1, 0.15) is 11.4 Å². The number of anilines is 1. The fourth-order valence-electron chi connectivity index (χ4n) is 5.68. The summed E-state index contributed by atoms with van der Waals surface area (Å²) in [5.41, 5.74) is 8.01. The Morgan fingerprint density at radius 3 is 2.42 bits per heavy atom. The minimum absolute atomic E-state index is 0.134. The Bertz CT molecular complexity index is 1810. The molecule has 0 unspecified atom stereocenters. The van der Waals surface area contributed by atoms with Crippen LogP contribution in [0.25, 0.3) is 11.1 Å². The molecule has 0 fully saturated rings. The van der Waals surface area contributed by atoms with E-state index in [4.69, 9.17) is 16.3 Å². The number of benzene rings is 4. The molecule has 1 aliphatic rings. The second-order valence-electron chi connectivity index (χ2n) is 10.7. The topological polar surface area (TPSA) is 63.6 Å². The van der Waals surface area contributed by atoms with Crippen LogP contribution in [-0.4, -0.2) is 30.0 Å². The van der Waals surface area contributed by atoms with Crippen LogP contribution < -0.4 is 15.0 Å². The third-order valence-electron chi connectivity index (χ3n) is 7.98. The fraction of sp³-hybridized carbons (Fsp3) is 0.167. The van der Waals surface area contributed by atoms with Crippen molar-refractivity contribution in [3.05, 3.63) is 142 Å². The molecule has 0 spiro atoms. The number of carbonyl (C=O) groups excluding carboxylic acids is 2. The van der Waals surface area contributed by atoms with E-state index in [-0.39, 0.29) is 11.8 Å². The molecule has 6 rings (SSSR count). The van der Waals surface area contributed by atoms with Gasteiger partial charge in [0.15, 0.2) is 0 Å². The molecule has 2 amide bonds. The standard InChI is InChI=1S/C36H32ClN3O3/c1-24-7-3-5-9-30(24)31-17-13-26(21-34(31)43-2)36(42)40-23-29-16-18-33(39(29)22-27-8-4-6-10-32(27)40)35(41)38-20-19-25-11-14-28(37)15-12-25/h3-18,21H,19-20,22-23H2,1-2H3,(H,38,41). The maximum absolute atomic E-state index is 14.1. The molecule has 1 aliphatic heterocycles. The van der Waals surface area contributed by atoms with E-state index in [1.165, 1.54) is 0 Å². The second-order valence-corrected chi connectivity index (χ2v) is 11.1. The van der Waals surface area contributed by atoms with Crippen molar-refractivity contribution in [2.24, 2.45) is 0 Å². The van der Waals surface area contributed by atoms with Gasteiger partial charge < -0.3 is 19.5 Å². The smallest absolute Gasteiger partial charge is 0.267 e. The van der Waals surface area contributed by atoms with Crippen LogP contribution in [0.2, 0.25) is 5.02 Å². The Kier molecular flexibility index (Phi) is 8.03.